The summed E-state index contributed by atoms with van der Waals surface area (Å²) in [6.07, 6.45) is 6.43. The Morgan fingerprint density at radius 2 is 1.93 bits per heavy atom. The van der Waals surface area contributed by atoms with Gasteiger partial charge in [-0.3, -0.25) is 0 Å². The van der Waals surface area contributed by atoms with Crippen molar-refractivity contribution >= 4 is 0 Å². The van der Waals surface area contributed by atoms with Crippen LogP contribution in [0.2, 0.25) is 0 Å². The maximum Gasteiger partial charge on any atom is 1.00 e. The molecule has 0 N–H and O–H groups in total. The van der Waals surface area contributed by atoms with Crippen molar-refractivity contribution in [3.63, 3.8) is 0 Å². The Labute approximate surface area is 107 Å². The average Bonchev–Trinajstić information content (AvgIpc) is 2.22. The quantitative estimate of drug-likeness (QED) is 0.284. The van der Waals surface area contributed by atoms with E-state index in [-0.39, 0.29) is 25.0 Å². The van der Waals surface area contributed by atoms with Gasteiger partial charge in [-0.15, -0.1) is 0 Å². The van der Waals surface area contributed by atoms with Crippen LogP contribution in [0, 0.1) is 6.58 Å². The molecule has 0 aliphatic heterocycles. The monoisotopic (exact) mass is 206 g/mol. The van der Waals surface area contributed by atoms with E-state index < -0.39 is 0 Å². The summed E-state index contributed by atoms with van der Waals surface area (Å²) in [5.41, 5.74) is 0. The third-order valence-corrected chi connectivity index (χ3v) is 2.07. The first-order valence-electron chi connectivity index (χ1n) is 5.59. The Morgan fingerprint density at radius 1 is 1.20 bits per heavy atom. The van der Waals surface area contributed by atoms with Crippen LogP contribution in [0.1, 0.15) is 39.5 Å². The third kappa shape index (κ3) is 12.2. The van der Waals surface area contributed by atoms with Gasteiger partial charge in [0.05, 0.1) is 13.2 Å². The Hall–Kier alpha value is 0.257. The van der Waals surface area contributed by atoms with Crippen LogP contribution in [-0.2, 0) is 9.47 Å². The fraction of sp³-hybridized carbons (Fsp3) is 0.833. The molecule has 0 saturated heterocycles. The van der Waals surface area contributed by atoms with Crippen molar-refractivity contribution in [2.75, 3.05) is 19.8 Å². The van der Waals surface area contributed by atoms with Crippen molar-refractivity contribution < 1.29 is 28.3 Å². The van der Waals surface area contributed by atoms with E-state index in [0.717, 1.165) is 13.0 Å². The van der Waals surface area contributed by atoms with E-state index in [1.54, 1.807) is 6.08 Å². The Morgan fingerprint density at radius 3 is 2.47 bits per heavy atom. The molecule has 2 nitrogen and oxygen atoms in total. The minimum absolute atomic E-state index is 0. The third-order valence-electron chi connectivity index (χ3n) is 2.07. The molecule has 0 aliphatic rings. The van der Waals surface area contributed by atoms with Gasteiger partial charge in [0.1, 0.15) is 0 Å². The van der Waals surface area contributed by atoms with E-state index in [0.29, 0.717) is 13.2 Å². The van der Waals surface area contributed by atoms with E-state index in [9.17, 15) is 0 Å². The summed E-state index contributed by atoms with van der Waals surface area (Å²) in [6.45, 7) is 11.7. The first kappa shape index (κ1) is 17.6. The van der Waals surface area contributed by atoms with E-state index in [2.05, 4.69) is 6.92 Å². The molecule has 0 heterocycles. The Bertz CT molecular complexity index is 129. The molecule has 0 spiro atoms. The van der Waals surface area contributed by atoms with Crippen molar-refractivity contribution in [2.24, 2.45) is 0 Å². The summed E-state index contributed by atoms with van der Waals surface area (Å²) in [5, 5.41) is 0. The van der Waals surface area contributed by atoms with Crippen molar-refractivity contribution in [3.05, 3.63) is 12.7 Å². The van der Waals surface area contributed by atoms with E-state index in [4.69, 9.17) is 16.1 Å². The van der Waals surface area contributed by atoms with Crippen LogP contribution in [-0.4, -0.2) is 25.9 Å². The summed E-state index contributed by atoms with van der Waals surface area (Å²) in [6, 6.07) is 0. The molecule has 3 heteroatoms. The minimum Gasteiger partial charge on any atom is -0.515 e. The van der Waals surface area contributed by atoms with Gasteiger partial charge >= 0.3 is 18.9 Å². The predicted molar refractivity (Wildman–Crippen MR) is 59.2 cm³/mol. The van der Waals surface area contributed by atoms with Gasteiger partial charge in [0, 0.05) is 12.7 Å². The largest absolute Gasteiger partial charge is 1.00 e. The first-order valence-corrected chi connectivity index (χ1v) is 5.59. The smallest absolute Gasteiger partial charge is 0.515 e. The van der Waals surface area contributed by atoms with Crippen LogP contribution >= 0.6 is 0 Å². The topological polar surface area (TPSA) is 18.5 Å². The average molecular weight is 206 g/mol. The van der Waals surface area contributed by atoms with Crippen LogP contribution in [0.15, 0.2) is 6.08 Å². The molecule has 0 saturated carbocycles. The van der Waals surface area contributed by atoms with Crippen LogP contribution in [0.25, 0.3) is 0 Å². The number of hydrogen-bond acceptors (Lipinski definition) is 2. The van der Waals surface area contributed by atoms with Gasteiger partial charge in [0.2, 0.25) is 0 Å². The minimum atomic E-state index is 0. The molecular formula is C12H23LiO2. The van der Waals surface area contributed by atoms with Crippen molar-refractivity contribution in [1.29, 1.82) is 0 Å². The summed E-state index contributed by atoms with van der Waals surface area (Å²) in [5.74, 6) is 0. The molecule has 0 bridgehead atoms. The van der Waals surface area contributed by atoms with E-state index in [1.165, 1.54) is 19.3 Å². The van der Waals surface area contributed by atoms with Gasteiger partial charge in [-0.1, -0.05) is 26.2 Å². The SMILES string of the molecule is [CH-]=C[C@H](CCCCC)OCCOCC.[Li+]. The fourth-order valence-corrected chi connectivity index (χ4v) is 1.23. The van der Waals surface area contributed by atoms with Gasteiger partial charge in [-0.2, -0.15) is 0 Å². The Balaban J connectivity index is 0. The molecule has 0 aromatic heterocycles. The zero-order valence-electron chi connectivity index (χ0n) is 10.5. The van der Waals surface area contributed by atoms with Crippen LogP contribution in [0.5, 0.6) is 0 Å². The molecule has 0 fully saturated rings. The molecule has 0 radical (unpaired) electrons. The molecule has 0 rings (SSSR count). The van der Waals surface area contributed by atoms with Gasteiger partial charge < -0.3 is 16.1 Å². The van der Waals surface area contributed by atoms with Gasteiger partial charge in [0.15, 0.2) is 0 Å². The second-order valence-electron chi connectivity index (χ2n) is 3.29. The van der Waals surface area contributed by atoms with E-state index in [1.807, 2.05) is 6.92 Å². The van der Waals surface area contributed by atoms with Gasteiger partial charge in [0.25, 0.3) is 0 Å². The van der Waals surface area contributed by atoms with Gasteiger partial charge in [-0.05, 0) is 13.3 Å². The molecule has 0 unspecified atom stereocenters. The van der Waals surface area contributed by atoms with Crippen molar-refractivity contribution in [1.82, 2.24) is 0 Å². The molecular weight excluding hydrogens is 183 g/mol. The van der Waals surface area contributed by atoms with Crippen molar-refractivity contribution in [2.45, 2.75) is 45.6 Å². The molecule has 84 valence electrons. The summed E-state index contributed by atoms with van der Waals surface area (Å²) >= 11 is 0. The maximum atomic E-state index is 5.53. The molecule has 0 amide bonds. The maximum absolute atomic E-state index is 5.53. The zero-order valence-corrected chi connectivity index (χ0v) is 10.5. The molecule has 0 aliphatic carbocycles. The van der Waals surface area contributed by atoms with Gasteiger partial charge in [-0.25, -0.2) is 6.08 Å². The summed E-state index contributed by atoms with van der Waals surface area (Å²) in [7, 11) is 0. The standard InChI is InChI=1S/C12H23O2.Li/c1-4-7-8-9-12(5-2)14-11-10-13-6-3;/h2,5,12H,4,6-11H2,1,3H3;/q-1;+1/t12-;/m1./s1. The molecule has 0 aromatic rings. The second-order valence-corrected chi connectivity index (χ2v) is 3.29. The predicted octanol–water partition coefficient (Wildman–Crippen LogP) is -0.0184. The van der Waals surface area contributed by atoms with Crippen LogP contribution in [0.4, 0.5) is 0 Å². The first-order chi connectivity index (χ1) is 6.85. The molecule has 15 heavy (non-hydrogen) atoms. The number of unbranched alkanes of at least 4 members (excludes halogenated alkanes) is 2. The number of hydrogen-bond donors (Lipinski definition) is 0. The molecule has 0 aromatic carbocycles. The Kier molecular flexibility index (Phi) is 16.8. The normalized spacial score (nSPS) is 11.9. The summed E-state index contributed by atoms with van der Waals surface area (Å²) < 4.78 is 10.7. The second kappa shape index (κ2) is 14.3. The number of ether oxygens (including phenoxy) is 2. The van der Waals surface area contributed by atoms with Crippen LogP contribution in [0.3, 0.4) is 0 Å². The summed E-state index contributed by atoms with van der Waals surface area (Å²) in [4.78, 5) is 0. The van der Waals surface area contributed by atoms with Crippen LogP contribution < -0.4 is 18.9 Å². The zero-order chi connectivity index (χ0) is 10.6. The van der Waals surface area contributed by atoms with E-state index >= 15 is 0 Å². The number of rotatable bonds is 10. The van der Waals surface area contributed by atoms with Crippen molar-refractivity contribution in [3.8, 4) is 0 Å². The fourth-order valence-electron chi connectivity index (χ4n) is 1.23. The molecule has 1 atom stereocenters.